The van der Waals surface area contributed by atoms with E-state index in [4.69, 9.17) is 10.3 Å². The van der Waals surface area contributed by atoms with E-state index in [1.165, 1.54) is 19.3 Å². The first-order valence-corrected chi connectivity index (χ1v) is 8.16. The van der Waals surface area contributed by atoms with E-state index in [1.54, 1.807) is 0 Å². The van der Waals surface area contributed by atoms with Gasteiger partial charge in [-0.1, -0.05) is 39.5 Å². The second kappa shape index (κ2) is 8.89. The highest BCUT2D eigenvalue weighted by atomic mass is 32.2. The average molecular weight is 265 g/mol. The first-order chi connectivity index (χ1) is 7.85. The van der Waals surface area contributed by atoms with Crippen molar-refractivity contribution < 1.29 is 13.0 Å². The van der Waals surface area contributed by atoms with Crippen LogP contribution in [0.1, 0.15) is 58.8 Å². The Morgan fingerprint density at radius 3 is 2.29 bits per heavy atom. The lowest BCUT2D eigenvalue weighted by Crippen LogP contribution is -2.22. The monoisotopic (exact) mass is 265 g/mol. The van der Waals surface area contributed by atoms with Gasteiger partial charge in [0.05, 0.1) is 5.75 Å². The van der Waals surface area contributed by atoms with Gasteiger partial charge < -0.3 is 5.73 Å². The standard InChI is InChI=1S/C12H27NO3S/c1-3-4-5-6-7-12(13)9-8-11(2)10-17(14,15)16/h11-12H,3-10,13H2,1-2H3,(H,14,15,16). The van der Waals surface area contributed by atoms with Crippen molar-refractivity contribution in [1.29, 1.82) is 0 Å². The molecule has 0 aromatic carbocycles. The fraction of sp³-hybridized carbons (Fsp3) is 1.00. The maximum absolute atomic E-state index is 10.7. The molecule has 0 aliphatic heterocycles. The van der Waals surface area contributed by atoms with E-state index in [9.17, 15) is 8.42 Å². The highest BCUT2D eigenvalue weighted by molar-refractivity contribution is 7.85. The van der Waals surface area contributed by atoms with E-state index in [2.05, 4.69) is 6.92 Å². The van der Waals surface area contributed by atoms with Gasteiger partial charge >= 0.3 is 0 Å². The van der Waals surface area contributed by atoms with Gasteiger partial charge in [0, 0.05) is 6.04 Å². The molecule has 2 unspecified atom stereocenters. The smallest absolute Gasteiger partial charge is 0.265 e. The summed E-state index contributed by atoms with van der Waals surface area (Å²) in [5.74, 6) is -0.179. The molecule has 0 radical (unpaired) electrons. The molecule has 3 N–H and O–H groups in total. The number of hydrogen-bond donors (Lipinski definition) is 2. The van der Waals surface area contributed by atoms with Gasteiger partial charge in [-0.3, -0.25) is 4.55 Å². The molecular formula is C12H27NO3S. The van der Waals surface area contributed by atoms with Crippen LogP contribution in [0, 0.1) is 5.92 Å². The normalized spacial score (nSPS) is 15.8. The number of hydrogen-bond acceptors (Lipinski definition) is 3. The molecule has 104 valence electrons. The summed E-state index contributed by atoms with van der Waals surface area (Å²) in [4.78, 5) is 0. The lowest BCUT2D eigenvalue weighted by molar-refractivity contribution is 0.438. The van der Waals surface area contributed by atoms with Crippen LogP contribution < -0.4 is 5.73 Å². The third kappa shape index (κ3) is 12.1. The zero-order valence-electron chi connectivity index (χ0n) is 11.1. The van der Waals surface area contributed by atoms with Crippen LogP contribution in [0.2, 0.25) is 0 Å². The Labute approximate surface area is 106 Å². The minimum atomic E-state index is -3.84. The predicted molar refractivity (Wildman–Crippen MR) is 71.5 cm³/mol. The first kappa shape index (κ1) is 16.9. The minimum Gasteiger partial charge on any atom is -0.328 e. The largest absolute Gasteiger partial charge is 0.328 e. The highest BCUT2D eigenvalue weighted by Gasteiger charge is 2.13. The number of nitrogens with two attached hydrogens (primary N) is 1. The fourth-order valence-electron chi connectivity index (χ4n) is 1.92. The van der Waals surface area contributed by atoms with Crippen LogP contribution in [-0.4, -0.2) is 24.8 Å². The molecule has 2 atom stereocenters. The Kier molecular flexibility index (Phi) is 8.82. The molecule has 0 amide bonds. The molecule has 0 heterocycles. The molecule has 0 bridgehead atoms. The fourth-order valence-corrected chi connectivity index (χ4v) is 2.80. The van der Waals surface area contributed by atoms with Crippen LogP contribution >= 0.6 is 0 Å². The second-order valence-corrected chi connectivity index (χ2v) is 6.54. The van der Waals surface area contributed by atoms with E-state index < -0.39 is 10.1 Å². The molecule has 5 heteroatoms. The molecule has 0 aliphatic carbocycles. The first-order valence-electron chi connectivity index (χ1n) is 6.56. The van der Waals surface area contributed by atoms with E-state index in [0.717, 1.165) is 25.7 Å². The maximum Gasteiger partial charge on any atom is 0.265 e. The van der Waals surface area contributed by atoms with Crippen molar-refractivity contribution in [2.24, 2.45) is 11.7 Å². The van der Waals surface area contributed by atoms with Crippen molar-refractivity contribution >= 4 is 10.1 Å². The van der Waals surface area contributed by atoms with Crippen molar-refractivity contribution in [2.75, 3.05) is 5.75 Å². The maximum atomic E-state index is 10.7. The van der Waals surface area contributed by atoms with E-state index >= 15 is 0 Å². The van der Waals surface area contributed by atoms with Gasteiger partial charge in [-0.05, 0) is 25.2 Å². The summed E-state index contributed by atoms with van der Waals surface area (Å²) in [6.45, 7) is 4.01. The third-order valence-corrected chi connectivity index (χ3v) is 3.94. The summed E-state index contributed by atoms with van der Waals surface area (Å²) < 4.78 is 30.0. The molecule has 0 saturated carbocycles. The van der Waals surface area contributed by atoms with Gasteiger partial charge in [-0.15, -0.1) is 0 Å². The predicted octanol–water partition coefficient (Wildman–Crippen LogP) is 2.59. The van der Waals surface area contributed by atoms with Crippen molar-refractivity contribution in [1.82, 2.24) is 0 Å². The van der Waals surface area contributed by atoms with Gasteiger partial charge in [0.15, 0.2) is 0 Å². The van der Waals surface area contributed by atoms with E-state index in [0.29, 0.717) is 0 Å². The second-order valence-electron chi connectivity index (χ2n) is 5.04. The summed E-state index contributed by atoms with van der Waals surface area (Å²) >= 11 is 0. The van der Waals surface area contributed by atoms with Crippen LogP contribution in [-0.2, 0) is 10.1 Å². The number of rotatable bonds is 10. The van der Waals surface area contributed by atoms with Crippen LogP contribution in [0.4, 0.5) is 0 Å². The lowest BCUT2D eigenvalue weighted by atomic mass is 9.99. The molecule has 0 aliphatic rings. The molecule has 0 aromatic rings. The van der Waals surface area contributed by atoms with Crippen molar-refractivity contribution in [2.45, 2.75) is 64.8 Å². The summed E-state index contributed by atoms with van der Waals surface area (Å²) in [6.07, 6.45) is 7.47. The van der Waals surface area contributed by atoms with Crippen molar-refractivity contribution in [3.8, 4) is 0 Å². The summed E-state index contributed by atoms with van der Waals surface area (Å²) in [5.41, 5.74) is 5.96. The SMILES string of the molecule is CCCCCCC(N)CCC(C)CS(=O)(=O)O. The van der Waals surface area contributed by atoms with Crippen LogP contribution in [0.25, 0.3) is 0 Å². The van der Waals surface area contributed by atoms with Crippen LogP contribution in [0.15, 0.2) is 0 Å². The van der Waals surface area contributed by atoms with Gasteiger partial charge in [0.1, 0.15) is 0 Å². The molecule has 0 spiro atoms. The summed E-state index contributed by atoms with van der Waals surface area (Å²) in [7, 11) is -3.84. The highest BCUT2D eigenvalue weighted by Crippen LogP contribution is 2.13. The summed E-state index contributed by atoms with van der Waals surface area (Å²) in [5, 5.41) is 0. The Balaban J connectivity index is 3.58. The molecule has 0 aromatic heterocycles. The van der Waals surface area contributed by atoms with Gasteiger partial charge in [-0.2, -0.15) is 8.42 Å². The van der Waals surface area contributed by atoms with Crippen molar-refractivity contribution in [3.05, 3.63) is 0 Å². The van der Waals surface area contributed by atoms with E-state index in [-0.39, 0.29) is 17.7 Å². The lowest BCUT2D eigenvalue weighted by Gasteiger charge is -2.14. The van der Waals surface area contributed by atoms with E-state index in [1.807, 2.05) is 6.92 Å². The zero-order valence-corrected chi connectivity index (χ0v) is 11.9. The molecular weight excluding hydrogens is 238 g/mol. The quantitative estimate of drug-likeness (QED) is 0.470. The Bertz CT molecular complexity index is 277. The van der Waals surface area contributed by atoms with Gasteiger partial charge in [-0.25, -0.2) is 0 Å². The average Bonchev–Trinajstić information content (AvgIpc) is 2.19. The summed E-state index contributed by atoms with van der Waals surface area (Å²) in [6, 6.07) is 0.163. The van der Waals surface area contributed by atoms with Crippen molar-refractivity contribution in [3.63, 3.8) is 0 Å². The molecule has 17 heavy (non-hydrogen) atoms. The van der Waals surface area contributed by atoms with Crippen LogP contribution in [0.3, 0.4) is 0 Å². The van der Waals surface area contributed by atoms with Gasteiger partial charge in [0.2, 0.25) is 0 Å². The topological polar surface area (TPSA) is 80.4 Å². The third-order valence-electron chi connectivity index (χ3n) is 2.95. The van der Waals surface area contributed by atoms with Gasteiger partial charge in [0.25, 0.3) is 10.1 Å². The molecule has 0 saturated heterocycles. The Morgan fingerprint density at radius 1 is 1.12 bits per heavy atom. The minimum absolute atomic E-state index is 0.0216. The molecule has 0 fully saturated rings. The molecule has 4 nitrogen and oxygen atoms in total. The Morgan fingerprint density at radius 2 is 1.76 bits per heavy atom. The number of unbranched alkanes of at least 4 members (excludes halogenated alkanes) is 3. The molecule has 0 rings (SSSR count). The van der Waals surface area contributed by atoms with Crippen LogP contribution in [0.5, 0.6) is 0 Å². The Hall–Kier alpha value is -0.130. The zero-order chi connectivity index (χ0) is 13.3.